The highest BCUT2D eigenvalue weighted by Crippen LogP contribution is 2.26. The number of rotatable bonds is 4. The van der Waals surface area contributed by atoms with Gasteiger partial charge in [-0.2, -0.15) is 0 Å². The van der Waals surface area contributed by atoms with Gasteiger partial charge >= 0.3 is 0 Å². The molecule has 0 spiro atoms. The predicted octanol–water partition coefficient (Wildman–Crippen LogP) is 2.45. The summed E-state index contributed by atoms with van der Waals surface area (Å²) < 4.78 is 1.98. The number of amides is 1. The van der Waals surface area contributed by atoms with Crippen molar-refractivity contribution in [3.05, 3.63) is 35.7 Å². The molecule has 1 aromatic heterocycles. The molecule has 0 unspecified atom stereocenters. The van der Waals surface area contributed by atoms with E-state index in [0.717, 1.165) is 16.7 Å². The highest BCUT2D eigenvalue weighted by atomic mass is 32.2. The minimum atomic E-state index is -0.201. The first-order valence-corrected chi connectivity index (χ1v) is 7.65. The predicted molar refractivity (Wildman–Crippen MR) is 84.8 cm³/mol. The van der Waals surface area contributed by atoms with Gasteiger partial charge in [0.1, 0.15) is 5.82 Å². The Bertz CT molecular complexity index is 634. The minimum absolute atomic E-state index is 0.0658. The van der Waals surface area contributed by atoms with Gasteiger partial charge in [0.25, 0.3) is 0 Å². The van der Waals surface area contributed by atoms with Crippen LogP contribution in [0.1, 0.15) is 18.3 Å². The summed E-state index contributed by atoms with van der Waals surface area (Å²) in [7, 11) is 3.52. The molecule has 1 heterocycles. The molecule has 112 valence electrons. The Hall–Kier alpha value is -1.82. The Morgan fingerprint density at radius 3 is 2.38 bits per heavy atom. The van der Waals surface area contributed by atoms with Gasteiger partial charge in [0.05, 0.1) is 5.25 Å². The molecule has 1 atom stereocenters. The lowest BCUT2D eigenvalue weighted by Crippen LogP contribution is -2.29. The largest absolute Gasteiger partial charge is 0.348 e. The van der Waals surface area contributed by atoms with Gasteiger partial charge < -0.3 is 4.90 Å². The molecule has 1 aromatic carbocycles. The number of benzene rings is 1. The van der Waals surface area contributed by atoms with E-state index in [4.69, 9.17) is 0 Å². The number of thioether (sulfide) groups is 1. The summed E-state index contributed by atoms with van der Waals surface area (Å²) in [5, 5.41) is 8.88. The fraction of sp³-hybridized carbons (Fsp3) is 0.400. The van der Waals surface area contributed by atoms with Crippen molar-refractivity contribution in [2.24, 2.45) is 0 Å². The van der Waals surface area contributed by atoms with Crippen LogP contribution in [-0.4, -0.2) is 44.9 Å². The highest BCUT2D eigenvalue weighted by molar-refractivity contribution is 8.00. The van der Waals surface area contributed by atoms with E-state index >= 15 is 0 Å². The first kappa shape index (κ1) is 15.6. The number of aromatic nitrogens is 3. The van der Waals surface area contributed by atoms with E-state index in [-0.39, 0.29) is 11.2 Å². The molecule has 0 aliphatic rings. The van der Waals surface area contributed by atoms with E-state index in [2.05, 4.69) is 29.3 Å². The average Bonchev–Trinajstić information content (AvgIpc) is 2.80. The molecular formula is C15H20N4OS. The molecule has 0 fully saturated rings. The molecule has 0 saturated carbocycles. The van der Waals surface area contributed by atoms with Crippen molar-refractivity contribution in [2.45, 2.75) is 31.2 Å². The Morgan fingerprint density at radius 1 is 1.19 bits per heavy atom. The molecular weight excluding hydrogens is 284 g/mol. The summed E-state index contributed by atoms with van der Waals surface area (Å²) in [6.07, 6.45) is 0. The van der Waals surface area contributed by atoms with Gasteiger partial charge in [0, 0.05) is 19.8 Å². The van der Waals surface area contributed by atoms with Gasteiger partial charge in [-0.3, -0.25) is 9.36 Å². The standard InChI is InChI=1S/C15H20N4OS/c1-10-6-8-13(9-7-10)19-12(3)16-17-15(19)21-11(2)14(20)18(4)5/h6-9,11H,1-5H3/t11-/m0/s1. The van der Waals surface area contributed by atoms with Gasteiger partial charge in [-0.1, -0.05) is 29.5 Å². The summed E-state index contributed by atoms with van der Waals surface area (Å²) >= 11 is 1.42. The lowest BCUT2D eigenvalue weighted by Gasteiger charge is -2.16. The number of hydrogen-bond donors (Lipinski definition) is 0. The molecule has 0 bridgehead atoms. The molecule has 1 amide bonds. The maximum absolute atomic E-state index is 12.0. The molecule has 0 radical (unpaired) electrons. The van der Waals surface area contributed by atoms with Crippen LogP contribution >= 0.6 is 11.8 Å². The monoisotopic (exact) mass is 304 g/mol. The first-order valence-electron chi connectivity index (χ1n) is 6.77. The summed E-state index contributed by atoms with van der Waals surface area (Å²) in [6.45, 7) is 5.85. The molecule has 2 rings (SSSR count). The Labute approximate surface area is 129 Å². The smallest absolute Gasteiger partial charge is 0.235 e. The van der Waals surface area contributed by atoms with Crippen LogP contribution in [0.25, 0.3) is 5.69 Å². The Balaban J connectivity index is 2.30. The molecule has 0 aliphatic carbocycles. The van der Waals surface area contributed by atoms with E-state index in [1.807, 2.05) is 30.5 Å². The first-order chi connectivity index (χ1) is 9.90. The number of aryl methyl sites for hydroxylation is 2. The van der Waals surface area contributed by atoms with E-state index in [0.29, 0.717) is 0 Å². The van der Waals surface area contributed by atoms with Gasteiger partial charge in [-0.25, -0.2) is 0 Å². The van der Waals surface area contributed by atoms with Gasteiger partial charge in [0.2, 0.25) is 5.91 Å². The van der Waals surface area contributed by atoms with Crippen molar-refractivity contribution in [3.63, 3.8) is 0 Å². The van der Waals surface area contributed by atoms with Crippen molar-refractivity contribution in [1.82, 2.24) is 19.7 Å². The van der Waals surface area contributed by atoms with Crippen LogP contribution in [0.5, 0.6) is 0 Å². The van der Waals surface area contributed by atoms with Crippen molar-refractivity contribution >= 4 is 17.7 Å². The average molecular weight is 304 g/mol. The van der Waals surface area contributed by atoms with Crippen molar-refractivity contribution in [3.8, 4) is 5.69 Å². The molecule has 0 saturated heterocycles. The molecule has 0 aliphatic heterocycles. The maximum Gasteiger partial charge on any atom is 0.235 e. The minimum Gasteiger partial charge on any atom is -0.348 e. The van der Waals surface area contributed by atoms with Crippen LogP contribution < -0.4 is 0 Å². The fourth-order valence-electron chi connectivity index (χ4n) is 1.98. The molecule has 6 heteroatoms. The summed E-state index contributed by atoms with van der Waals surface area (Å²) in [4.78, 5) is 13.6. The zero-order valence-corrected chi connectivity index (χ0v) is 13.8. The van der Waals surface area contributed by atoms with E-state index in [9.17, 15) is 4.79 Å². The third kappa shape index (κ3) is 3.44. The third-order valence-electron chi connectivity index (χ3n) is 3.16. The zero-order chi connectivity index (χ0) is 15.6. The van der Waals surface area contributed by atoms with E-state index in [1.165, 1.54) is 17.3 Å². The molecule has 0 N–H and O–H groups in total. The van der Waals surface area contributed by atoms with Crippen molar-refractivity contribution < 1.29 is 4.79 Å². The van der Waals surface area contributed by atoms with Crippen LogP contribution in [0.4, 0.5) is 0 Å². The summed E-state index contributed by atoms with van der Waals surface area (Å²) in [5.41, 5.74) is 2.21. The van der Waals surface area contributed by atoms with E-state index in [1.54, 1.807) is 19.0 Å². The normalized spacial score (nSPS) is 12.2. The van der Waals surface area contributed by atoms with Crippen molar-refractivity contribution in [2.75, 3.05) is 14.1 Å². The number of carbonyl (C=O) groups excluding carboxylic acids is 1. The van der Waals surface area contributed by atoms with Crippen LogP contribution in [0.15, 0.2) is 29.4 Å². The number of hydrogen-bond acceptors (Lipinski definition) is 4. The SMILES string of the molecule is Cc1ccc(-n2c(C)nnc2S[C@@H](C)C(=O)N(C)C)cc1. The second kappa shape index (κ2) is 6.30. The Morgan fingerprint density at radius 2 is 1.81 bits per heavy atom. The van der Waals surface area contributed by atoms with Crippen LogP contribution in [-0.2, 0) is 4.79 Å². The topological polar surface area (TPSA) is 51.0 Å². The van der Waals surface area contributed by atoms with Crippen molar-refractivity contribution in [1.29, 1.82) is 0 Å². The highest BCUT2D eigenvalue weighted by Gasteiger charge is 2.20. The molecule has 21 heavy (non-hydrogen) atoms. The fourth-order valence-corrected chi connectivity index (χ4v) is 3.04. The lowest BCUT2D eigenvalue weighted by atomic mass is 10.2. The number of carbonyl (C=O) groups is 1. The zero-order valence-electron chi connectivity index (χ0n) is 13.0. The second-order valence-corrected chi connectivity index (χ2v) is 6.50. The number of nitrogens with zero attached hydrogens (tertiary/aromatic N) is 4. The molecule has 2 aromatic rings. The third-order valence-corrected chi connectivity index (χ3v) is 4.19. The summed E-state index contributed by atoms with van der Waals surface area (Å²) in [5.74, 6) is 0.877. The van der Waals surface area contributed by atoms with Crippen LogP contribution in [0.3, 0.4) is 0 Å². The van der Waals surface area contributed by atoms with Gasteiger partial charge in [-0.05, 0) is 32.9 Å². The van der Waals surface area contributed by atoms with Crippen LogP contribution in [0.2, 0.25) is 0 Å². The Kier molecular flexibility index (Phi) is 4.67. The van der Waals surface area contributed by atoms with Gasteiger partial charge in [-0.15, -0.1) is 10.2 Å². The lowest BCUT2D eigenvalue weighted by molar-refractivity contribution is -0.127. The van der Waals surface area contributed by atoms with Gasteiger partial charge in [0.15, 0.2) is 5.16 Å². The molecule has 5 nitrogen and oxygen atoms in total. The second-order valence-electron chi connectivity index (χ2n) is 5.19. The maximum atomic E-state index is 12.0. The summed E-state index contributed by atoms with van der Waals surface area (Å²) in [6, 6.07) is 8.18. The quantitative estimate of drug-likeness (QED) is 0.814. The van der Waals surface area contributed by atoms with E-state index < -0.39 is 0 Å². The van der Waals surface area contributed by atoms with Crippen LogP contribution in [0, 0.1) is 13.8 Å².